The minimum atomic E-state index is -0.0329. The van der Waals surface area contributed by atoms with Crippen LogP contribution < -0.4 is 5.32 Å². The normalized spacial score (nSPS) is 10.1. The molecule has 0 atom stereocenters. The molecule has 4 heteroatoms. The van der Waals surface area contributed by atoms with Crippen LogP contribution in [-0.2, 0) is 0 Å². The zero-order valence-corrected chi connectivity index (χ0v) is 11.6. The Balaban J connectivity index is 2.17. The van der Waals surface area contributed by atoms with Gasteiger partial charge in [-0.2, -0.15) is 0 Å². The average Bonchev–Trinajstić information content (AvgIpc) is 2.64. The molecule has 2 aromatic rings. The van der Waals surface area contributed by atoms with Crippen LogP contribution in [0.15, 0.2) is 35.7 Å². The number of carbonyl (C=O) groups excluding carboxylic acids is 1. The van der Waals surface area contributed by atoms with Crippen LogP contribution in [0.5, 0.6) is 0 Å². The summed E-state index contributed by atoms with van der Waals surface area (Å²) < 4.78 is 1.11. The van der Waals surface area contributed by atoms with Crippen LogP contribution in [0.25, 0.3) is 0 Å². The van der Waals surface area contributed by atoms with E-state index in [2.05, 4.69) is 27.9 Å². The topological polar surface area (TPSA) is 29.1 Å². The molecule has 0 radical (unpaired) electrons. The number of halogens is 1. The van der Waals surface area contributed by atoms with E-state index in [0.717, 1.165) is 19.7 Å². The molecule has 0 aliphatic carbocycles. The van der Waals surface area contributed by atoms with Crippen LogP contribution in [0, 0.1) is 10.5 Å². The predicted octanol–water partition coefficient (Wildman–Crippen LogP) is 3.91. The lowest BCUT2D eigenvalue weighted by Gasteiger charge is -2.04. The molecule has 1 aromatic heterocycles. The van der Waals surface area contributed by atoms with Gasteiger partial charge in [-0.25, -0.2) is 0 Å². The number of nitrogens with one attached hydrogen (secondary N) is 1. The van der Waals surface area contributed by atoms with E-state index in [-0.39, 0.29) is 5.91 Å². The van der Waals surface area contributed by atoms with Gasteiger partial charge in [0.05, 0.1) is 4.88 Å². The highest BCUT2D eigenvalue weighted by molar-refractivity contribution is 14.1. The van der Waals surface area contributed by atoms with E-state index < -0.39 is 0 Å². The molecule has 0 bridgehead atoms. The molecule has 0 saturated heterocycles. The van der Waals surface area contributed by atoms with Gasteiger partial charge in [0.25, 0.3) is 5.91 Å². The molecule has 16 heavy (non-hydrogen) atoms. The Labute approximate surface area is 112 Å². The van der Waals surface area contributed by atoms with Gasteiger partial charge in [-0.05, 0) is 64.7 Å². The smallest absolute Gasteiger partial charge is 0.265 e. The number of anilines is 1. The Morgan fingerprint density at radius 1 is 1.38 bits per heavy atom. The summed E-state index contributed by atoms with van der Waals surface area (Å²) >= 11 is 3.69. The molecule has 1 amide bonds. The van der Waals surface area contributed by atoms with Gasteiger partial charge < -0.3 is 5.32 Å². The number of aryl methyl sites for hydroxylation is 1. The van der Waals surface area contributed by atoms with Gasteiger partial charge in [-0.3, -0.25) is 4.79 Å². The highest BCUT2D eigenvalue weighted by atomic mass is 127. The number of thiophene rings is 1. The first-order valence-electron chi connectivity index (χ1n) is 4.78. The zero-order chi connectivity index (χ0) is 11.5. The third-order valence-corrected chi connectivity index (χ3v) is 3.84. The van der Waals surface area contributed by atoms with Crippen LogP contribution in [0.4, 0.5) is 5.69 Å². The van der Waals surface area contributed by atoms with Crippen LogP contribution in [0.1, 0.15) is 15.2 Å². The second-order valence-corrected chi connectivity index (χ2v) is 5.56. The van der Waals surface area contributed by atoms with Crippen LogP contribution >= 0.6 is 33.9 Å². The lowest BCUT2D eigenvalue weighted by Crippen LogP contribution is -2.11. The molecule has 0 aliphatic rings. The van der Waals surface area contributed by atoms with Gasteiger partial charge in [-0.1, -0.05) is 6.07 Å². The number of rotatable bonds is 2. The van der Waals surface area contributed by atoms with E-state index in [1.54, 1.807) is 0 Å². The fraction of sp³-hybridized carbons (Fsp3) is 0.0833. The van der Waals surface area contributed by atoms with Gasteiger partial charge in [0.1, 0.15) is 0 Å². The highest BCUT2D eigenvalue weighted by Gasteiger charge is 2.10. The number of hydrogen-bond donors (Lipinski definition) is 1. The number of carbonyl (C=O) groups is 1. The first-order valence-corrected chi connectivity index (χ1v) is 6.73. The average molecular weight is 343 g/mol. The van der Waals surface area contributed by atoms with Crippen LogP contribution in [0.2, 0.25) is 0 Å². The monoisotopic (exact) mass is 343 g/mol. The molecule has 2 rings (SSSR count). The maximum absolute atomic E-state index is 11.9. The maximum atomic E-state index is 11.9. The Morgan fingerprint density at radius 3 is 2.81 bits per heavy atom. The Kier molecular flexibility index (Phi) is 3.60. The van der Waals surface area contributed by atoms with E-state index in [1.807, 2.05) is 42.6 Å². The van der Waals surface area contributed by atoms with Crippen LogP contribution in [0.3, 0.4) is 0 Å². The van der Waals surface area contributed by atoms with Gasteiger partial charge in [0.15, 0.2) is 0 Å². The first kappa shape index (κ1) is 11.6. The minimum absolute atomic E-state index is 0.0329. The van der Waals surface area contributed by atoms with E-state index >= 15 is 0 Å². The number of hydrogen-bond acceptors (Lipinski definition) is 2. The minimum Gasteiger partial charge on any atom is -0.321 e. The fourth-order valence-electron chi connectivity index (χ4n) is 1.36. The second-order valence-electron chi connectivity index (χ2n) is 3.40. The molecule has 1 N–H and O–H groups in total. The Hall–Kier alpha value is -0.880. The van der Waals surface area contributed by atoms with Gasteiger partial charge in [0, 0.05) is 9.26 Å². The molecule has 0 unspecified atom stereocenters. The summed E-state index contributed by atoms with van der Waals surface area (Å²) in [6.45, 7) is 1.94. The summed E-state index contributed by atoms with van der Waals surface area (Å²) in [7, 11) is 0. The molecular formula is C12H10INOS. The molecule has 0 saturated carbocycles. The van der Waals surface area contributed by atoms with Crippen LogP contribution in [-0.4, -0.2) is 5.91 Å². The van der Waals surface area contributed by atoms with Crippen molar-refractivity contribution in [3.63, 3.8) is 0 Å². The summed E-state index contributed by atoms with van der Waals surface area (Å²) in [5, 5.41) is 4.82. The molecule has 1 aromatic carbocycles. The molecule has 0 aliphatic heterocycles. The van der Waals surface area contributed by atoms with Crippen molar-refractivity contribution in [3.05, 3.63) is 49.7 Å². The maximum Gasteiger partial charge on any atom is 0.265 e. The van der Waals surface area contributed by atoms with Crippen molar-refractivity contribution in [1.29, 1.82) is 0 Å². The lowest BCUT2D eigenvalue weighted by molar-refractivity contribution is 0.103. The second kappa shape index (κ2) is 4.97. The zero-order valence-electron chi connectivity index (χ0n) is 8.66. The van der Waals surface area contributed by atoms with Crippen molar-refractivity contribution >= 4 is 45.5 Å². The first-order chi connectivity index (χ1) is 7.66. The highest BCUT2D eigenvalue weighted by Crippen LogP contribution is 2.18. The number of benzene rings is 1. The standard InChI is InChI=1S/C12H10INOS/c1-8-5-6-16-11(8)12(15)14-10-4-2-3-9(13)7-10/h2-7H,1H3,(H,14,15). The van der Waals surface area contributed by atoms with E-state index in [4.69, 9.17) is 0 Å². The summed E-state index contributed by atoms with van der Waals surface area (Å²) in [4.78, 5) is 12.7. The lowest BCUT2D eigenvalue weighted by atomic mass is 10.2. The largest absolute Gasteiger partial charge is 0.321 e. The summed E-state index contributed by atoms with van der Waals surface area (Å²) in [5.74, 6) is -0.0329. The third-order valence-electron chi connectivity index (χ3n) is 2.15. The molecule has 0 spiro atoms. The van der Waals surface area contributed by atoms with E-state index in [0.29, 0.717) is 0 Å². The molecule has 2 nitrogen and oxygen atoms in total. The fourth-order valence-corrected chi connectivity index (χ4v) is 2.72. The summed E-state index contributed by atoms with van der Waals surface area (Å²) in [6, 6.07) is 9.71. The number of amides is 1. The summed E-state index contributed by atoms with van der Waals surface area (Å²) in [6.07, 6.45) is 0. The molecule has 1 heterocycles. The Morgan fingerprint density at radius 2 is 2.19 bits per heavy atom. The van der Waals surface area contributed by atoms with Gasteiger partial charge in [0.2, 0.25) is 0 Å². The van der Waals surface area contributed by atoms with Crippen molar-refractivity contribution in [3.8, 4) is 0 Å². The van der Waals surface area contributed by atoms with E-state index in [1.165, 1.54) is 11.3 Å². The van der Waals surface area contributed by atoms with Gasteiger partial charge >= 0.3 is 0 Å². The quantitative estimate of drug-likeness (QED) is 0.823. The van der Waals surface area contributed by atoms with Crippen molar-refractivity contribution in [2.45, 2.75) is 6.92 Å². The van der Waals surface area contributed by atoms with E-state index in [9.17, 15) is 4.79 Å². The SMILES string of the molecule is Cc1ccsc1C(=O)Nc1cccc(I)c1. The molecule has 82 valence electrons. The molecule has 0 fully saturated rings. The summed E-state index contributed by atoms with van der Waals surface area (Å²) in [5.41, 5.74) is 1.86. The third kappa shape index (κ3) is 2.62. The van der Waals surface area contributed by atoms with Crippen molar-refractivity contribution < 1.29 is 4.79 Å². The van der Waals surface area contributed by atoms with Crippen molar-refractivity contribution in [2.75, 3.05) is 5.32 Å². The predicted molar refractivity (Wildman–Crippen MR) is 76.2 cm³/mol. The van der Waals surface area contributed by atoms with Crippen molar-refractivity contribution in [2.24, 2.45) is 0 Å². The molecular weight excluding hydrogens is 333 g/mol. The Bertz CT molecular complexity index is 521. The van der Waals surface area contributed by atoms with Crippen molar-refractivity contribution in [1.82, 2.24) is 0 Å². The van der Waals surface area contributed by atoms with Gasteiger partial charge in [-0.15, -0.1) is 11.3 Å².